The molecule has 0 amide bonds. The molecule has 1 heterocycles. The van der Waals surface area contributed by atoms with Crippen molar-refractivity contribution in [1.82, 2.24) is 10.2 Å². The Morgan fingerprint density at radius 2 is 2.15 bits per heavy atom. The lowest BCUT2D eigenvalue weighted by Crippen LogP contribution is -2.08. The molecule has 1 N–H and O–H groups in total. The summed E-state index contributed by atoms with van der Waals surface area (Å²) in [6, 6.07) is 1.53. The van der Waals surface area contributed by atoms with Gasteiger partial charge in [-0.2, -0.15) is 0 Å². The number of carbonyl (C=O) groups is 1. The SMILES string of the molecule is CC(C)c1cc(Cl)nnc1C(=O)O. The molecule has 0 saturated heterocycles. The molecule has 0 aliphatic carbocycles. The van der Waals surface area contributed by atoms with E-state index in [0.717, 1.165) is 0 Å². The number of hydrogen-bond donors (Lipinski definition) is 1. The van der Waals surface area contributed by atoms with Crippen molar-refractivity contribution in [2.45, 2.75) is 19.8 Å². The van der Waals surface area contributed by atoms with Crippen molar-refractivity contribution >= 4 is 17.6 Å². The molecule has 0 unspecified atom stereocenters. The summed E-state index contributed by atoms with van der Waals surface area (Å²) in [5.41, 5.74) is 0.576. The number of carboxylic acids is 1. The number of hydrogen-bond acceptors (Lipinski definition) is 3. The number of aromatic carboxylic acids is 1. The maximum Gasteiger partial charge on any atom is 0.356 e. The van der Waals surface area contributed by atoms with Gasteiger partial charge in [0, 0.05) is 0 Å². The van der Waals surface area contributed by atoms with Crippen molar-refractivity contribution < 1.29 is 9.90 Å². The zero-order valence-corrected chi connectivity index (χ0v) is 8.04. The van der Waals surface area contributed by atoms with E-state index in [1.165, 1.54) is 6.07 Å². The van der Waals surface area contributed by atoms with Gasteiger partial charge in [-0.3, -0.25) is 0 Å². The Morgan fingerprint density at radius 3 is 2.62 bits per heavy atom. The van der Waals surface area contributed by atoms with Gasteiger partial charge in [0.25, 0.3) is 0 Å². The standard InChI is InChI=1S/C8H9ClN2O2/c1-4(2)5-3-6(9)10-11-7(5)8(12)13/h3-4H,1-2H3,(H,12,13). The largest absolute Gasteiger partial charge is 0.476 e. The minimum atomic E-state index is -1.08. The number of rotatable bonds is 2. The van der Waals surface area contributed by atoms with Crippen molar-refractivity contribution in [2.24, 2.45) is 0 Å². The summed E-state index contributed by atoms with van der Waals surface area (Å²) < 4.78 is 0. The fraction of sp³-hybridized carbons (Fsp3) is 0.375. The maximum atomic E-state index is 10.7. The van der Waals surface area contributed by atoms with Crippen LogP contribution in [0.2, 0.25) is 5.15 Å². The first kappa shape index (κ1) is 9.92. The molecule has 0 saturated carbocycles. The molecule has 0 aliphatic heterocycles. The zero-order valence-electron chi connectivity index (χ0n) is 7.28. The van der Waals surface area contributed by atoms with Gasteiger partial charge in [0.05, 0.1) is 0 Å². The quantitative estimate of drug-likeness (QED) is 0.793. The topological polar surface area (TPSA) is 63.1 Å². The normalized spacial score (nSPS) is 10.5. The summed E-state index contributed by atoms with van der Waals surface area (Å²) in [7, 11) is 0. The molecule has 70 valence electrons. The summed E-state index contributed by atoms with van der Waals surface area (Å²) >= 11 is 5.60. The molecule has 0 spiro atoms. The molecule has 0 bridgehead atoms. The van der Waals surface area contributed by atoms with Gasteiger partial charge in [0.2, 0.25) is 0 Å². The van der Waals surface area contributed by atoms with Crippen LogP contribution >= 0.6 is 11.6 Å². The Bertz CT molecular complexity index is 339. The first-order valence-electron chi connectivity index (χ1n) is 3.78. The molecular formula is C8H9ClN2O2. The molecule has 4 nitrogen and oxygen atoms in total. The highest BCUT2D eigenvalue weighted by Gasteiger charge is 2.15. The van der Waals surface area contributed by atoms with Crippen molar-refractivity contribution in [3.63, 3.8) is 0 Å². The Balaban J connectivity index is 3.26. The second kappa shape index (κ2) is 3.70. The van der Waals surface area contributed by atoms with Crippen molar-refractivity contribution in [3.05, 3.63) is 22.5 Å². The van der Waals surface area contributed by atoms with Crippen LogP contribution < -0.4 is 0 Å². The zero-order chi connectivity index (χ0) is 10.0. The fourth-order valence-corrected chi connectivity index (χ4v) is 1.14. The third-order valence-corrected chi connectivity index (χ3v) is 1.80. The molecule has 1 aromatic heterocycles. The Labute approximate surface area is 80.6 Å². The Hall–Kier alpha value is -1.16. The van der Waals surface area contributed by atoms with E-state index in [2.05, 4.69) is 10.2 Å². The van der Waals surface area contributed by atoms with Crippen molar-refractivity contribution in [3.8, 4) is 0 Å². The number of aromatic nitrogens is 2. The lowest BCUT2D eigenvalue weighted by molar-refractivity contribution is 0.0687. The predicted octanol–water partition coefficient (Wildman–Crippen LogP) is 1.95. The highest BCUT2D eigenvalue weighted by molar-refractivity contribution is 6.29. The van der Waals surface area contributed by atoms with E-state index >= 15 is 0 Å². The third kappa shape index (κ3) is 2.15. The predicted molar refractivity (Wildman–Crippen MR) is 48.1 cm³/mol. The van der Waals surface area contributed by atoms with Gasteiger partial charge in [-0.1, -0.05) is 25.4 Å². The van der Waals surface area contributed by atoms with Gasteiger partial charge in [-0.05, 0) is 17.5 Å². The summed E-state index contributed by atoms with van der Waals surface area (Å²) in [5, 5.41) is 16.0. The summed E-state index contributed by atoms with van der Waals surface area (Å²) in [5.74, 6) is -1.01. The van der Waals surface area contributed by atoms with Crippen LogP contribution in [0, 0.1) is 0 Å². The highest BCUT2D eigenvalue weighted by atomic mass is 35.5. The molecule has 5 heteroatoms. The van der Waals surface area contributed by atoms with E-state index in [0.29, 0.717) is 5.56 Å². The number of nitrogens with zero attached hydrogens (tertiary/aromatic N) is 2. The van der Waals surface area contributed by atoms with E-state index in [1.54, 1.807) is 0 Å². The smallest absolute Gasteiger partial charge is 0.356 e. The van der Waals surface area contributed by atoms with E-state index in [4.69, 9.17) is 16.7 Å². The molecule has 1 rings (SSSR count). The van der Waals surface area contributed by atoms with Crippen molar-refractivity contribution in [1.29, 1.82) is 0 Å². The van der Waals surface area contributed by atoms with Gasteiger partial charge < -0.3 is 5.11 Å². The van der Waals surface area contributed by atoms with Gasteiger partial charge in [-0.15, -0.1) is 10.2 Å². The molecule has 0 atom stereocenters. The Morgan fingerprint density at radius 1 is 1.54 bits per heavy atom. The number of carboxylic acid groups (broad SMARTS) is 1. The van der Waals surface area contributed by atoms with Crippen LogP contribution in [0.5, 0.6) is 0 Å². The van der Waals surface area contributed by atoms with Gasteiger partial charge in [0.15, 0.2) is 10.8 Å². The van der Waals surface area contributed by atoms with Crippen molar-refractivity contribution in [2.75, 3.05) is 0 Å². The molecule has 0 aliphatic rings. The summed E-state index contributed by atoms with van der Waals surface area (Å²) in [6.07, 6.45) is 0. The van der Waals surface area contributed by atoms with Crippen LogP contribution in [0.1, 0.15) is 35.8 Å². The number of halogens is 1. The van der Waals surface area contributed by atoms with Gasteiger partial charge in [-0.25, -0.2) is 4.79 Å². The average molecular weight is 201 g/mol. The van der Waals surface area contributed by atoms with E-state index in [-0.39, 0.29) is 16.8 Å². The monoisotopic (exact) mass is 200 g/mol. The minimum absolute atomic E-state index is 0.0283. The average Bonchev–Trinajstić information content (AvgIpc) is 2.03. The maximum absolute atomic E-state index is 10.7. The van der Waals surface area contributed by atoms with Crippen LogP contribution in [-0.2, 0) is 0 Å². The first-order valence-corrected chi connectivity index (χ1v) is 4.16. The molecule has 1 aromatic rings. The lowest BCUT2D eigenvalue weighted by atomic mass is 10.0. The van der Waals surface area contributed by atoms with Gasteiger partial charge in [0.1, 0.15) is 0 Å². The summed E-state index contributed by atoms with van der Waals surface area (Å²) in [4.78, 5) is 10.7. The first-order chi connectivity index (χ1) is 6.02. The van der Waals surface area contributed by atoms with Crippen LogP contribution in [-0.4, -0.2) is 21.3 Å². The minimum Gasteiger partial charge on any atom is -0.476 e. The van der Waals surface area contributed by atoms with E-state index < -0.39 is 5.97 Å². The van der Waals surface area contributed by atoms with E-state index in [1.807, 2.05) is 13.8 Å². The third-order valence-electron chi connectivity index (χ3n) is 1.62. The van der Waals surface area contributed by atoms with Crippen LogP contribution in [0.3, 0.4) is 0 Å². The Kier molecular flexibility index (Phi) is 2.83. The second-order valence-electron chi connectivity index (χ2n) is 2.93. The molecule has 0 fully saturated rings. The fourth-order valence-electron chi connectivity index (χ4n) is 0.987. The molecule has 13 heavy (non-hydrogen) atoms. The molecule has 0 aromatic carbocycles. The van der Waals surface area contributed by atoms with Crippen LogP contribution in [0.25, 0.3) is 0 Å². The van der Waals surface area contributed by atoms with E-state index in [9.17, 15) is 4.79 Å². The van der Waals surface area contributed by atoms with Gasteiger partial charge >= 0.3 is 5.97 Å². The van der Waals surface area contributed by atoms with Crippen LogP contribution in [0.4, 0.5) is 0 Å². The summed E-state index contributed by atoms with van der Waals surface area (Å²) in [6.45, 7) is 3.75. The molecule has 0 radical (unpaired) electrons. The highest BCUT2D eigenvalue weighted by Crippen LogP contribution is 2.19. The second-order valence-corrected chi connectivity index (χ2v) is 3.32. The lowest BCUT2D eigenvalue weighted by Gasteiger charge is -2.07. The molecular weight excluding hydrogens is 192 g/mol. The van der Waals surface area contributed by atoms with Crippen LogP contribution in [0.15, 0.2) is 6.07 Å².